The third-order valence-electron chi connectivity index (χ3n) is 3.74. The number of halogens is 3. The van der Waals surface area contributed by atoms with Gasteiger partial charge in [-0.1, -0.05) is 13.8 Å². The lowest BCUT2D eigenvalue weighted by Crippen LogP contribution is -2.39. The second-order valence-corrected chi connectivity index (χ2v) is 4.77. The fourth-order valence-electron chi connectivity index (χ4n) is 1.84. The Kier molecular flexibility index (Phi) is 5.56. The maximum atomic E-state index is 13.5. The van der Waals surface area contributed by atoms with Crippen molar-refractivity contribution in [2.45, 2.75) is 26.7 Å². The Morgan fingerprint density at radius 1 is 1.20 bits per heavy atom. The van der Waals surface area contributed by atoms with E-state index < -0.39 is 34.3 Å². The molecule has 0 saturated heterocycles. The van der Waals surface area contributed by atoms with Crippen LogP contribution in [0.3, 0.4) is 0 Å². The highest BCUT2D eigenvalue weighted by molar-refractivity contribution is 5.94. The predicted molar refractivity (Wildman–Crippen MR) is 68.8 cm³/mol. The van der Waals surface area contributed by atoms with E-state index in [1.54, 1.807) is 0 Å². The first-order valence-electron chi connectivity index (χ1n) is 6.43. The number of hydrogen-bond donors (Lipinski definition) is 2. The normalized spacial score (nSPS) is 11.5. The fraction of sp³-hybridized carbons (Fsp3) is 0.500. The van der Waals surface area contributed by atoms with E-state index in [1.807, 2.05) is 13.8 Å². The molecule has 1 rings (SSSR count). The van der Waals surface area contributed by atoms with Crippen molar-refractivity contribution in [3.8, 4) is 0 Å². The molecular weight excluding hydrogens is 271 g/mol. The monoisotopic (exact) mass is 289 g/mol. The number of nitrogens with one attached hydrogen (secondary N) is 1. The summed E-state index contributed by atoms with van der Waals surface area (Å²) in [5.41, 5.74) is -1.05. The highest BCUT2D eigenvalue weighted by atomic mass is 19.2. The maximum Gasteiger partial charge on any atom is 0.254 e. The van der Waals surface area contributed by atoms with Crippen LogP contribution in [0.4, 0.5) is 13.2 Å². The van der Waals surface area contributed by atoms with Crippen LogP contribution in [0.1, 0.15) is 37.0 Å². The van der Waals surface area contributed by atoms with Gasteiger partial charge in [0.25, 0.3) is 5.91 Å². The molecule has 0 aliphatic rings. The summed E-state index contributed by atoms with van der Waals surface area (Å²) in [6, 6.07) is 1.59. The Hall–Kier alpha value is -1.56. The van der Waals surface area contributed by atoms with E-state index in [4.69, 9.17) is 0 Å². The van der Waals surface area contributed by atoms with Crippen molar-refractivity contribution in [2.24, 2.45) is 5.41 Å². The molecule has 0 radical (unpaired) electrons. The zero-order valence-corrected chi connectivity index (χ0v) is 11.5. The number of benzene rings is 1. The molecule has 0 bridgehead atoms. The molecule has 6 heteroatoms. The molecule has 0 fully saturated rings. The lowest BCUT2D eigenvalue weighted by molar-refractivity contribution is 0.0846. The molecule has 20 heavy (non-hydrogen) atoms. The van der Waals surface area contributed by atoms with Crippen LogP contribution in [0, 0.1) is 22.9 Å². The van der Waals surface area contributed by atoms with Crippen molar-refractivity contribution in [2.75, 3.05) is 13.2 Å². The Morgan fingerprint density at radius 2 is 1.80 bits per heavy atom. The number of rotatable bonds is 6. The van der Waals surface area contributed by atoms with Gasteiger partial charge in [-0.15, -0.1) is 0 Å². The summed E-state index contributed by atoms with van der Waals surface area (Å²) in [6.45, 7) is 3.74. The van der Waals surface area contributed by atoms with Gasteiger partial charge in [-0.05, 0) is 25.0 Å². The van der Waals surface area contributed by atoms with E-state index >= 15 is 0 Å². The molecule has 0 unspecified atom stereocenters. The van der Waals surface area contributed by atoms with Crippen molar-refractivity contribution < 1.29 is 23.1 Å². The van der Waals surface area contributed by atoms with Gasteiger partial charge in [0, 0.05) is 12.0 Å². The molecule has 0 saturated carbocycles. The number of aliphatic hydroxyl groups excluding tert-OH is 1. The molecule has 0 heterocycles. The second-order valence-electron chi connectivity index (χ2n) is 4.77. The van der Waals surface area contributed by atoms with Gasteiger partial charge in [0.2, 0.25) is 0 Å². The fourth-order valence-corrected chi connectivity index (χ4v) is 1.84. The zero-order chi connectivity index (χ0) is 15.3. The first-order valence-corrected chi connectivity index (χ1v) is 6.43. The molecule has 0 aliphatic carbocycles. The van der Waals surface area contributed by atoms with Crippen molar-refractivity contribution in [1.82, 2.24) is 5.32 Å². The van der Waals surface area contributed by atoms with Crippen molar-refractivity contribution in [3.63, 3.8) is 0 Å². The van der Waals surface area contributed by atoms with Crippen LogP contribution >= 0.6 is 0 Å². The summed E-state index contributed by atoms with van der Waals surface area (Å²) in [6.07, 6.45) is 1.25. The van der Waals surface area contributed by atoms with Crippen molar-refractivity contribution in [3.05, 3.63) is 35.1 Å². The minimum atomic E-state index is -1.67. The lowest BCUT2D eigenvalue weighted by Gasteiger charge is -2.29. The van der Waals surface area contributed by atoms with Gasteiger partial charge < -0.3 is 10.4 Å². The summed E-state index contributed by atoms with van der Waals surface area (Å²) < 4.78 is 39.3. The quantitative estimate of drug-likeness (QED) is 0.791. The van der Waals surface area contributed by atoms with Crippen molar-refractivity contribution >= 4 is 5.91 Å². The third-order valence-corrected chi connectivity index (χ3v) is 3.74. The van der Waals surface area contributed by atoms with E-state index in [0.717, 1.165) is 6.07 Å². The molecule has 1 aromatic rings. The smallest absolute Gasteiger partial charge is 0.254 e. The molecule has 3 nitrogen and oxygen atoms in total. The van der Waals surface area contributed by atoms with Crippen LogP contribution in [0.15, 0.2) is 12.1 Å². The van der Waals surface area contributed by atoms with Crippen LogP contribution in [-0.2, 0) is 0 Å². The lowest BCUT2D eigenvalue weighted by atomic mass is 9.83. The van der Waals surface area contributed by atoms with Gasteiger partial charge in [0.05, 0.1) is 12.2 Å². The first-order chi connectivity index (χ1) is 9.40. The molecule has 0 spiro atoms. The molecule has 112 valence electrons. The molecular formula is C14H18F3NO2. The highest BCUT2D eigenvalue weighted by Crippen LogP contribution is 2.24. The first kappa shape index (κ1) is 16.5. The standard InChI is InChI=1S/C14H18F3NO2/c1-3-14(4-2,8-19)7-18-13(20)9-5-6-10(15)12(17)11(9)16/h5-6,19H,3-4,7-8H2,1-2H3,(H,18,20). The Balaban J connectivity index is 2.85. The largest absolute Gasteiger partial charge is 0.396 e. The van der Waals surface area contributed by atoms with Gasteiger partial charge in [-0.25, -0.2) is 13.2 Å². The molecule has 1 aromatic carbocycles. The molecule has 0 aromatic heterocycles. The topological polar surface area (TPSA) is 49.3 Å². The summed E-state index contributed by atoms with van der Waals surface area (Å²) >= 11 is 0. The maximum absolute atomic E-state index is 13.5. The van der Waals surface area contributed by atoms with Gasteiger partial charge in [0.15, 0.2) is 17.5 Å². The molecule has 1 amide bonds. The number of amides is 1. The number of hydrogen-bond acceptors (Lipinski definition) is 2. The number of carbonyl (C=O) groups is 1. The van der Waals surface area contributed by atoms with E-state index in [0.29, 0.717) is 18.9 Å². The van der Waals surface area contributed by atoms with Crippen LogP contribution in [0.2, 0.25) is 0 Å². The molecule has 0 atom stereocenters. The molecule has 2 N–H and O–H groups in total. The van der Waals surface area contributed by atoms with Gasteiger partial charge in [-0.3, -0.25) is 4.79 Å². The SMILES string of the molecule is CCC(CC)(CO)CNC(=O)c1ccc(F)c(F)c1F. The zero-order valence-electron chi connectivity index (χ0n) is 11.5. The second kappa shape index (κ2) is 6.74. The van der Waals surface area contributed by atoms with Crippen LogP contribution in [-0.4, -0.2) is 24.2 Å². The summed E-state index contributed by atoms with van der Waals surface area (Å²) in [5.74, 6) is -5.35. The van der Waals surface area contributed by atoms with Crippen LogP contribution < -0.4 is 5.32 Å². The minimum absolute atomic E-state index is 0.124. The van der Waals surface area contributed by atoms with Gasteiger partial charge >= 0.3 is 0 Å². The van der Waals surface area contributed by atoms with Gasteiger partial charge in [0.1, 0.15) is 0 Å². The third kappa shape index (κ3) is 3.30. The Labute approximate surface area is 115 Å². The predicted octanol–water partition coefficient (Wildman–Crippen LogP) is 2.63. The van der Waals surface area contributed by atoms with Crippen LogP contribution in [0.5, 0.6) is 0 Å². The van der Waals surface area contributed by atoms with Gasteiger partial charge in [-0.2, -0.15) is 0 Å². The Bertz CT molecular complexity index is 479. The summed E-state index contributed by atoms with van der Waals surface area (Å²) in [4.78, 5) is 11.8. The average Bonchev–Trinajstić information content (AvgIpc) is 2.47. The number of aliphatic hydroxyl groups is 1. The average molecular weight is 289 g/mol. The highest BCUT2D eigenvalue weighted by Gasteiger charge is 2.27. The van der Waals surface area contributed by atoms with E-state index in [2.05, 4.69) is 5.32 Å². The van der Waals surface area contributed by atoms with E-state index in [1.165, 1.54) is 0 Å². The van der Waals surface area contributed by atoms with E-state index in [9.17, 15) is 23.1 Å². The Morgan fingerprint density at radius 3 is 2.30 bits per heavy atom. The summed E-state index contributed by atoms with van der Waals surface area (Å²) in [7, 11) is 0. The van der Waals surface area contributed by atoms with Crippen LogP contribution in [0.25, 0.3) is 0 Å². The summed E-state index contributed by atoms with van der Waals surface area (Å²) in [5, 5.41) is 11.8. The van der Waals surface area contributed by atoms with Crippen molar-refractivity contribution in [1.29, 1.82) is 0 Å². The molecule has 0 aliphatic heterocycles. The minimum Gasteiger partial charge on any atom is -0.396 e. The van der Waals surface area contributed by atoms with E-state index in [-0.39, 0.29) is 13.2 Å². The number of carbonyl (C=O) groups excluding carboxylic acids is 1.